The van der Waals surface area contributed by atoms with E-state index in [4.69, 9.17) is 4.74 Å². The van der Waals surface area contributed by atoms with E-state index in [1.165, 1.54) is 0 Å². The van der Waals surface area contributed by atoms with E-state index in [1.54, 1.807) is 13.2 Å². The highest BCUT2D eigenvalue weighted by Crippen LogP contribution is 2.26. The summed E-state index contributed by atoms with van der Waals surface area (Å²) in [5.74, 6) is 0.516. The molecule has 0 aromatic heterocycles. The maximum absolute atomic E-state index is 14.3. The van der Waals surface area contributed by atoms with Crippen LogP contribution in [0.2, 0.25) is 0 Å². The highest BCUT2D eigenvalue weighted by Gasteiger charge is 2.21. The van der Waals surface area contributed by atoms with Crippen LogP contribution in [0.1, 0.15) is 31.7 Å². The van der Waals surface area contributed by atoms with Gasteiger partial charge in [-0.25, -0.2) is 4.39 Å². The molecule has 118 valence electrons. The average molecular weight is 294 g/mol. The molecule has 1 N–H and O–H groups in total. The minimum absolute atomic E-state index is 0.101. The van der Waals surface area contributed by atoms with E-state index < -0.39 is 0 Å². The zero-order valence-electron chi connectivity index (χ0n) is 13.2. The summed E-state index contributed by atoms with van der Waals surface area (Å²) in [7, 11) is 1.75. The van der Waals surface area contributed by atoms with Crippen LogP contribution in [0, 0.1) is 11.7 Å². The summed E-state index contributed by atoms with van der Waals surface area (Å²) in [6, 6.07) is 5.62. The number of piperidine rings is 1. The first kappa shape index (κ1) is 16.2. The lowest BCUT2D eigenvalue weighted by atomic mass is 9.97. The quantitative estimate of drug-likeness (QED) is 0.782. The van der Waals surface area contributed by atoms with E-state index in [9.17, 15) is 4.39 Å². The van der Waals surface area contributed by atoms with E-state index in [-0.39, 0.29) is 5.82 Å². The fourth-order valence-electron chi connectivity index (χ4n) is 2.90. The van der Waals surface area contributed by atoms with Crippen molar-refractivity contribution >= 4 is 5.69 Å². The summed E-state index contributed by atoms with van der Waals surface area (Å²) in [6.45, 7) is 6.48. The second-order valence-electron chi connectivity index (χ2n) is 5.85. The van der Waals surface area contributed by atoms with Gasteiger partial charge in [0.1, 0.15) is 5.82 Å². The molecule has 1 aromatic carbocycles. The predicted molar refractivity (Wildman–Crippen MR) is 85.2 cm³/mol. The lowest BCUT2D eigenvalue weighted by Crippen LogP contribution is -2.35. The molecule has 0 atom stereocenters. The Morgan fingerprint density at radius 1 is 1.33 bits per heavy atom. The third kappa shape index (κ3) is 4.68. The summed E-state index contributed by atoms with van der Waals surface area (Å²) < 4.78 is 19.5. The number of hydrogen-bond donors (Lipinski definition) is 1. The Morgan fingerprint density at radius 3 is 2.71 bits per heavy atom. The molecule has 0 unspecified atom stereocenters. The Bertz CT molecular complexity index is 431. The monoisotopic (exact) mass is 294 g/mol. The molecule has 1 aliphatic heterocycles. The second kappa shape index (κ2) is 8.35. The fourth-order valence-corrected chi connectivity index (χ4v) is 2.90. The van der Waals surface area contributed by atoms with Crippen molar-refractivity contribution in [2.45, 2.75) is 32.7 Å². The van der Waals surface area contributed by atoms with Gasteiger partial charge in [-0.2, -0.15) is 0 Å². The zero-order valence-corrected chi connectivity index (χ0v) is 13.2. The van der Waals surface area contributed by atoms with E-state index >= 15 is 0 Å². The lowest BCUT2D eigenvalue weighted by molar-refractivity contribution is 0.139. The molecule has 1 saturated heterocycles. The molecule has 0 spiro atoms. The first-order valence-electron chi connectivity index (χ1n) is 7.97. The molecule has 2 rings (SSSR count). The van der Waals surface area contributed by atoms with Gasteiger partial charge in [-0.05, 0) is 49.4 Å². The molecule has 4 heteroatoms. The summed E-state index contributed by atoms with van der Waals surface area (Å²) in [4.78, 5) is 2.16. The van der Waals surface area contributed by atoms with Gasteiger partial charge in [0.15, 0.2) is 0 Å². The maximum Gasteiger partial charge on any atom is 0.146 e. The molecule has 1 aromatic rings. The Kier molecular flexibility index (Phi) is 6.46. The SMILES string of the molecule is CCCNCc1ccc(N2CCC(COC)CC2)c(F)c1. The van der Waals surface area contributed by atoms with Crippen molar-refractivity contribution in [1.82, 2.24) is 5.32 Å². The largest absolute Gasteiger partial charge is 0.384 e. The first-order valence-corrected chi connectivity index (χ1v) is 7.97. The Balaban J connectivity index is 1.92. The summed E-state index contributed by atoms with van der Waals surface area (Å²) in [5.41, 5.74) is 1.75. The molecule has 3 nitrogen and oxygen atoms in total. The predicted octanol–water partition coefficient (Wildman–Crippen LogP) is 3.19. The van der Waals surface area contributed by atoms with Gasteiger partial charge in [0.05, 0.1) is 5.69 Å². The van der Waals surface area contributed by atoms with Crippen molar-refractivity contribution in [3.63, 3.8) is 0 Å². The van der Waals surface area contributed by atoms with Gasteiger partial charge < -0.3 is 15.0 Å². The van der Waals surface area contributed by atoms with Gasteiger partial charge in [0.25, 0.3) is 0 Å². The number of benzene rings is 1. The van der Waals surface area contributed by atoms with Crippen molar-refractivity contribution in [2.24, 2.45) is 5.92 Å². The Labute approximate surface area is 127 Å². The zero-order chi connectivity index (χ0) is 15.1. The smallest absolute Gasteiger partial charge is 0.146 e. The summed E-state index contributed by atoms with van der Waals surface area (Å²) >= 11 is 0. The molecular weight excluding hydrogens is 267 g/mol. The Hall–Kier alpha value is -1.13. The van der Waals surface area contributed by atoms with Gasteiger partial charge in [-0.1, -0.05) is 13.0 Å². The number of nitrogens with one attached hydrogen (secondary N) is 1. The fraction of sp³-hybridized carbons (Fsp3) is 0.647. The van der Waals surface area contributed by atoms with E-state index in [0.717, 1.165) is 63.3 Å². The number of halogens is 1. The van der Waals surface area contributed by atoms with Crippen LogP contribution in [0.15, 0.2) is 18.2 Å². The number of methoxy groups -OCH3 is 1. The standard InChI is InChI=1S/C17H27FN2O/c1-3-8-19-12-15-4-5-17(16(18)11-15)20-9-6-14(7-10-20)13-21-2/h4-5,11,14,19H,3,6-10,12-13H2,1-2H3. The summed E-state index contributed by atoms with van der Waals surface area (Å²) in [5, 5.41) is 3.30. The van der Waals surface area contributed by atoms with Crippen molar-refractivity contribution in [1.29, 1.82) is 0 Å². The van der Waals surface area contributed by atoms with E-state index in [0.29, 0.717) is 5.92 Å². The number of hydrogen-bond acceptors (Lipinski definition) is 3. The van der Waals surface area contributed by atoms with E-state index in [1.807, 2.05) is 12.1 Å². The van der Waals surface area contributed by atoms with Crippen LogP contribution in [-0.2, 0) is 11.3 Å². The lowest BCUT2D eigenvalue weighted by Gasteiger charge is -2.33. The highest BCUT2D eigenvalue weighted by atomic mass is 19.1. The van der Waals surface area contributed by atoms with Gasteiger partial charge in [-0.15, -0.1) is 0 Å². The molecule has 21 heavy (non-hydrogen) atoms. The van der Waals surface area contributed by atoms with Crippen LogP contribution in [0.3, 0.4) is 0 Å². The van der Waals surface area contributed by atoms with E-state index in [2.05, 4.69) is 17.1 Å². The van der Waals surface area contributed by atoms with Crippen molar-refractivity contribution in [3.8, 4) is 0 Å². The molecule has 1 aliphatic rings. The average Bonchev–Trinajstić information content (AvgIpc) is 2.49. The van der Waals surface area contributed by atoms with Crippen molar-refractivity contribution in [3.05, 3.63) is 29.6 Å². The van der Waals surface area contributed by atoms with Crippen LogP contribution in [0.4, 0.5) is 10.1 Å². The summed E-state index contributed by atoms with van der Waals surface area (Å²) in [6.07, 6.45) is 3.25. The van der Waals surface area contributed by atoms with Crippen molar-refractivity contribution in [2.75, 3.05) is 38.3 Å². The third-order valence-electron chi connectivity index (χ3n) is 4.13. The van der Waals surface area contributed by atoms with Crippen LogP contribution in [0.25, 0.3) is 0 Å². The topological polar surface area (TPSA) is 24.5 Å². The molecular formula is C17H27FN2O. The van der Waals surface area contributed by atoms with Crippen molar-refractivity contribution < 1.29 is 9.13 Å². The minimum atomic E-state index is -0.101. The van der Waals surface area contributed by atoms with Crippen LogP contribution in [0.5, 0.6) is 0 Å². The van der Waals surface area contributed by atoms with Crippen LogP contribution >= 0.6 is 0 Å². The maximum atomic E-state index is 14.3. The van der Waals surface area contributed by atoms with Gasteiger partial charge >= 0.3 is 0 Å². The molecule has 0 bridgehead atoms. The number of rotatable bonds is 7. The van der Waals surface area contributed by atoms with Gasteiger partial charge in [0, 0.05) is 33.4 Å². The van der Waals surface area contributed by atoms with Crippen LogP contribution in [-0.4, -0.2) is 33.4 Å². The Morgan fingerprint density at radius 2 is 2.10 bits per heavy atom. The third-order valence-corrected chi connectivity index (χ3v) is 4.13. The van der Waals surface area contributed by atoms with Gasteiger partial charge in [-0.3, -0.25) is 0 Å². The molecule has 1 fully saturated rings. The first-order chi connectivity index (χ1) is 10.2. The molecule has 0 saturated carbocycles. The number of ether oxygens (including phenoxy) is 1. The highest BCUT2D eigenvalue weighted by molar-refractivity contribution is 5.49. The van der Waals surface area contributed by atoms with Gasteiger partial charge in [0.2, 0.25) is 0 Å². The molecule has 0 radical (unpaired) electrons. The number of nitrogens with zero attached hydrogens (tertiary/aromatic N) is 1. The normalized spacial score (nSPS) is 16.4. The molecule has 0 aliphatic carbocycles. The molecule has 0 amide bonds. The van der Waals surface area contributed by atoms with Crippen LogP contribution < -0.4 is 10.2 Å². The second-order valence-corrected chi connectivity index (χ2v) is 5.85. The molecule has 1 heterocycles. The minimum Gasteiger partial charge on any atom is -0.384 e. The number of anilines is 1.